The van der Waals surface area contributed by atoms with E-state index in [2.05, 4.69) is 86.6 Å². The lowest BCUT2D eigenvalue weighted by Crippen LogP contribution is -1.92. The van der Waals surface area contributed by atoms with Crippen molar-refractivity contribution in [3.63, 3.8) is 0 Å². The van der Waals surface area contributed by atoms with E-state index in [9.17, 15) is 0 Å². The molecule has 0 heterocycles. The molecule has 0 fully saturated rings. The monoisotopic (exact) mass is 310 g/mol. The molecule has 0 unspecified atom stereocenters. The second-order valence-corrected chi connectivity index (χ2v) is 6.87. The van der Waals surface area contributed by atoms with Crippen molar-refractivity contribution < 1.29 is 0 Å². The Hall–Kier alpha value is -2.60. The summed E-state index contributed by atoms with van der Waals surface area (Å²) in [7, 11) is 0. The Labute approximate surface area is 143 Å². The molecular formula is C24H22. The van der Waals surface area contributed by atoms with E-state index >= 15 is 0 Å². The third-order valence-electron chi connectivity index (χ3n) is 4.82. The Morgan fingerprint density at radius 3 is 1.62 bits per heavy atom. The van der Waals surface area contributed by atoms with Crippen molar-refractivity contribution in [3.05, 3.63) is 95.1 Å². The fraction of sp³-hybridized carbons (Fsp3) is 0.167. The molecule has 24 heavy (non-hydrogen) atoms. The molecule has 0 nitrogen and oxygen atoms in total. The number of hydrogen-bond donors (Lipinski definition) is 0. The summed E-state index contributed by atoms with van der Waals surface area (Å²) in [5.74, 6) is 0. The maximum absolute atomic E-state index is 2.34. The summed E-state index contributed by atoms with van der Waals surface area (Å²) in [5.41, 5.74) is 5.47. The summed E-state index contributed by atoms with van der Waals surface area (Å²) in [6.07, 6.45) is 2.17. The molecule has 0 spiro atoms. The van der Waals surface area contributed by atoms with Crippen LogP contribution in [0.2, 0.25) is 0 Å². The summed E-state index contributed by atoms with van der Waals surface area (Å²) in [6.45, 7) is 4.30. The Kier molecular flexibility index (Phi) is 3.82. The quantitative estimate of drug-likeness (QED) is 0.411. The first-order valence-electron chi connectivity index (χ1n) is 8.66. The van der Waals surface area contributed by atoms with Crippen molar-refractivity contribution in [2.24, 2.45) is 0 Å². The highest BCUT2D eigenvalue weighted by molar-refractivity contribution is 5.84. The summed E-state index contributed by atoms with van der Waals surface area (Å²) in [6, 6.07) is 27.0. The SMILES string of the molecule is Cc1ccc2cc(CCc3ccc4ccc(C)cc4c3)ccc2c1. The molecule has 0 aromatic heterocycles. The van der Waals surface area contributed by atoms with Crippen molar-refractivity contribution in [2.45, 2.75) is 26.7 Å². The van der Waals surface area contributed by atoms with Crippen LogP contribution >= 0.6 is 0 Å². The van der Waals surface area contributed by atoms with E-state index in [-0.39, 0.29) is 0 Å². The number of rotatable bonds is 3. The molecular weight excluding hydrogens is 288 g/mol. The van der Waals surface area contributed by atoms with Gasteiger partial charge in [0.05, 0.1) is 0 Å². The van der Waals surface area contributed by atoms with E-state index in [4.69, 9.17) is 0 Å². The van der Waals surface area contributed by atoms with Gasteiger partial charge in [0.15, 0.2) is 0 Å². The van der Waals surface area contributed by atoms with Crippen LogP contribution in [0, 0.1) is 13.8 Å². The van der Waals surface area contributed by atoms with Crippen molar-refractivity contribution in [1.29, 1.82) is 0 Å². The molecule has 0 heteroatoms. The van der Waals surface area contributed by atoms with Gasteiger partial charge in [-0.3, -0.25) is 0 Å². The predicted molar refractivity (Wildman–Crippen MR) is 105 cm³/mol. The highest BCUT2D eigenvalue weighted by Crippen LogP contribution is 2.21. The number of aryl methyl sites for hydroxylation is 4. The van der Waals surface area contributed by atoms with Crippen molar-refractivity contribution >= 4 is 21.5 Å². The predicted octanol–water partition coefficient (Wildman–Crippen LogP) is 6.40. The molecule has 0 aliphatic rings. The van der Waals surface area contributed by atoms with Crippen LogP contribution in [0.15, 0.2) is 72.8 Å². The van der Waals surface area contributed by atoms with Gasteiger partial charge < -0.3 is 0 Å². The zero-order valence-electron chi connectivity index (χ0n) is 14.3. The van der Waals surface area contributed by atoms with Gasteiger partial charge in [0, 0.05) is 0 Å². The average molecular weight is 310 g/mol. The molecule has 4 aromatic rings. The van der Waals surface area contributed by atoms with Crippen LogP contribution in [0.5, 0.6) is 0 Å². The van der Waals surface area contributed by atoms with Crippen molar-refractivity contribution in [2.75, 3.05) is 0 Å². The van der Waals surface area contributed by atoms with Crippen molar-refractivity contribution in [1.82, 2.24) is 0 Å². The molecule has 0 saturated carbocycles. The summed E-state index contributed by atoms with van der Waals surface area (Å²) in [4.78, 5) is 0. The first-order valence-corrected chi connectivity index (χ1v) is 8.66. The van der Waals surface area contributed by atoms with E-state index < -0.39 is 0 Å². The normalized spacial score (nSPS) is 11.2. The largest absolute Gasteiger partial charge is 0.0587 e. The Bertz CT molecular complexity index is 1020. The molecule has 0 atom stereocenters. The molecule has 118 valence electrons. The second kappa shape index (κ2) is 6.13. The van der Waals surface area contributed by atoms with Gasteiger partial charge in [-0.15, -0.1) is 0 Å². The highest BCUT2D eigenvalue weighted by atomic mass is 14.1. The number of fused-ring (bicyclic) bond motifs is 2. The first kappa shape index (κ1) is 15.0. The van der Waals surface area contributed by atoms with Gasteiger partial charge in [0.2, 0.25) is 0 Å². The maximum atomic E-state index is 2.34. The van der Waals surface area contributed by atoms with E-state index in [1.807, 2.05) is 0 Å². The summed E-state index contributed by atoms with van der Waals surface area (Å²) in [5, 5.41) is 5.35. The minimum Gasteiger partial charge on any atom is -0.0587 e. The van der Waals surface area contributed by atoms with Gasteiger partial charge in [-0.1, -0.05) is 83.9 Å². The van der Waals surface area contributed by atoms with Gasteiger partial charge in [-0.25, -0.2) is 0 Å². The molecule has 0 aliphatic heterocycles. The molecule has 4 rings (SSSR count). The van der Waals surface area contributed by atoms with Gasteiger partial charge in [-0.05, 0) is 59.4 Å². The van der Waals surface area contributed by atoms with E-state index in [0.29, 0.717) is 0 Å². The summed E-state index contributed by atoms with van der Waals surface area (Å²) >= 11 is 0. The van der Waals surface area contributed by atoms with Gasteiger partial charge in [-0.2, -0.15) is 0 Å². The highest BCUT2D eigenvalue weighted by Gasteiger charge is 2.01. The average Bonchev–Trinajstić information content (AvgIpc) is 2.59. The van der Waals surface area contributed by atoms with Gasteiger partial charge in [0.25, 0.3) is 0 Å². The Morgan fingerprint density at radius 2 is 0.917 bits per heavy atom. The molecule has 0 amide bonds. The molecule has 0 saturated heterocycles. The number of benzene rings is 4. The van der Waals surface area contributed by atoms with Gasteiger partial charge in [0.1, 0.15) is 0 Å². The lowest BCUT2D eigenvalue weighted by Gasteiger charge is -2.07. The zero-order valence-corrected chi connectivity index (χ0v) is 14.3. The zero-order chi connectivity index (χ0) is 16.5. The minimum atomic E-state index is 1.08. The van der Waals surface area contributed by atoms with Crippen LogP contribution in [0.1, 0.15) is 22.3 Å². The van der Waals surface area contributed by atoms with Gasteiger partial charge >= 0.3 is 0 Å². The molecule has 0 aliphatic carbocycles. The first-order chi connectivity index (χ1) is 11.7. The maximum Gasteiger partial charge on any atom is -0.0179 e. The number of hydrogen-bond acceptors (Lipinski definition) is 0. The fourth-order valence-electron chi connectivity index (χ4n) is 3.43. The summed E-state index contributed by atoms with van der Waals surface area (Å²) < 4.78 is 0. The van der Waals surface area contributed by atoms with Crippen LogP contribution < -0.4 is 0 Å². The van der Waals surface area contributed by atoms with E-state index in [0.717, 1.165) is 12.8 Å². The van der Waals surface area contributed by atoms with Crippen LogP contribution in [-0.4, -0.2) is 0 Å². The third-order valence-corrected chi connectivity index (χ3v) is 4.82. The van der Waals surface area contributed by atoms with E-state index in [1.165, 1.54) is 43.8 Å². The van der Waals surface area contributed by atoms with Crippen LogP contribution in [0.3, 0.4) is 0 Å². The Balaban J connectivity index is 1.57. The standard InChI is InChI=1S/C24H22/c1-17-4-10-23-15-19(8-12-22(23)13-17)5-6-20-7-11-21-9-3-18(2)14-24(21)16-20/h3-4,7-16H,5-6H2,1-2H3. The molecule has 4 aromatic carbocycles. The molecule has 0 radical (unpaired) electrons. The fourth-order valence-corrected chi connectivity index (χ4v) is 3.43. The topological polar surface area (TPSA) is 0 Å². The second-order valence-electron chi connectivity index (χ2n) is 6.87. The van der Waals surface area contributed by atoms with Crippen LogP contribution in [0.4, 0.5) is 0 Å². The molecule has 0 N–H and O–H groups in total. The van der Waals surface area contributed by atoms with Crippen LogP contribution in [0.25, 0.3) is 21.5 Å². The van der Waals surface area contributed by atoms with Crippen molar-refractivity contribution in [3.8, 4) is 0 Å². The van der Waals surface area contributed by atoms with Crippen LogP contribution in [-0.2, 0) is 12.8 Å². The van der Waals surface area contributed by atoms with E-state index in [1.54, 1.807) is 0 Å². The lowest BCUT2D eigenvalue weighted by atomic mass is 9.98. The lowest BCUT2D eigenvalue weighted by molar-refractivity contribution is 0.964. The smallest absolute Gasteiger partial charge is 0.0179 e. The minimum absolute atomic E-state index is 1.08. The Morgan fingerprint density at radius 1 is 0.458 bits per heavy atom. The third kappa shape index (κ3) is 3.05. The molecule has 0 bridgehead atoms.